The molecule has 1 heterocycles. The topological polar surface area (TPSA) is 94.6 Å². The first-order valence-electron chi connectivity index (χ1n) is 12.4. The molecule has 2 fully saturated rings. The van der Waals surface area contributed by atoms with E-state index in [1.54, 1.807) is 0 Å². The summed E-state index contributed by atoms with van der Waals surface area (Å²) in [4.78, 5) is 29.5. The molecule has 0 spiro atoms. The van der Waals surface area contributed by atoms with Crippen LogP contribution in [0, 0.1) is 5.92 Å². The third-order valence-corrected chi connectivity index (χ3v) is 6.12. The van der Waals surface area contributed by atoms with Crippen LogP contribution in [-0.2, 0) is 0 Å². The first kappa shape index (κ1) is 23.8. The van der Waals surface area contributed by atoms with E-state index < -0.39 is 0 Å². The summed E-state index contributed by atoms with van der Waals surface area (Å²) in [7, 11) is 0. The molecule has 0 unspecified atom stereocenters. The Hall–Kier alpha value is -3.35. The van der Waals surface area contributed by atoms with E-state index in [0.29, 0.717) is 35.5 Å². The predicted octanol–water partition coefficient (Wildman–Crippen LogP) is 4.55. The van der Waals surface area contributed by atoms with Crippen LogP contribution < -0.4 is 21.3 Å². The molecule has 34 heavy (non-hydrogen) atoms. The molecule has 180 valence electrons. The van der Waals surface area contributed by atoms with Crippen molar-refractivity contribution in [3.05, 3.63) is 59.2 Å². The van der Waals surface area contributed by atoms with Gasteiger partial charge in [0.25, 0.3) is 11.8 Å². The van der Waals surface area contributed by atoms with Gasteiger partial charge in [-0.1, -0.05) is 19.9 Å². The number of hydrogen-bond donors (Lipinski definition) is 4. The van der Waals surface area contributed by atoms with Gasteiger partial charge in [-0.15, -0.1) is 0 Å². The van der Waals surface area contributed by atoms with Gasteiger partial charge in [0, 0.05) is 42.1 Å². The van der Waals surface area contributed by atoms with Crippen molar-refractivity contribution in [3.63, 3.8) is 0 Å². The zero-order chi connectivity index (χ0) is 23.9. The van der Waals surface area contributed by atoms with Gasteiger partial charge in [-0.3, -0.25) is 9.59 Å². The van der Waals surface area contributed by atoms with Crippen LogP contribution in [0.5, 0.6) is 0 Å². The highest BCUT2D eigenvalue weighted by Crippen LogP contribution is 2.44. The highest BCUT2D eigenvalue weighted by atomic mass is 16.2. The molecular formula is C27H35N5O2. The maximum atomic E-state index is 12.7. The summed E-state index contributed by atoms with van der Waals surface area (Å²) in [6.07, 6.45) is 5.32. The molecule has 0 bridgehead atoms. The molecule has 0 radical (unpaired) electrons. The second-order valence-electron chi connectivity index (χ2n) is 9.55. The second kappa shape index (κ2) is 11.2. The standard InChI is InChI=1S/C27H35N5O2/c1-18(2)6-4-13-28-25(33)20-7-3-8-22(16-20)31-24-12-11-21(17-23(24)19-9-10-19)26(34)32-27-29-14-5-15-30-27/h3,7-8,11-12,16-19,31H,4-6,9-10,13-15H2,1-2H3,(H,28,33)(H2,29,30,32,34). The van der Waals surface area contributed by atoms with Gasteiger partial charge in [-0.25, -0.2) is 0 Å². The molecule has 0 atom stereocenters. The summed E-state index contributed by atoms with van der Waals surface area (Å²) in [5.41, 5.74) is 4.17. The number of carbonyl (C=O) groups excluding carboxylic acids is 2. The number of guanidine groups is 1. The van der Waals surface area contributed by atoms with Crippen LogP contribution in [0.4, 0.5) is 11.4 Å². The zero-order valence-electron chi connectivity index (χ0n) is 20.1. The number of carbonyl (C=O) groups is 2. The lowest BCUT2D eigenvalue weighted by molar-refractivity contribution is 0.0951. The molecule has 7 nitrogen and oxygen atoms in total. The summed E-state index contributed by atoms with van der Waals surface area (Å²) in [5.74, 6) is 1.33. The first-order valence-corrected chi connectivity index (χ1v) is 12.4. The van der Waals surface area contributed by atoms with Gasteiger partial charge in [0.15, 0.2) is 5.96 Å². The van der Waals surface area contributed by atoms with E-state index >= 15 is 0 Å². The molecule has 1 aliphatic carbocycles. The molecule has 1 saturated heterocycles. The monoisotopic (exact) mass is 461 g/mol. The number of anilines is 2. The van der Waals surface area contributed by atoms with Crippen molar-refractivity contribution >= 4 is 29.1 Å². The molecule has 4 rings (SSSR count). The minimum atomic E-state index is -0.249. The van der Waals surface area contributed by atoms with E-state index in [1.165, 1.54) is 0 Å². The highest BCUT2D eigenvalue weighted by molar-refractivity contribution is 6.03. The van der Waals surface area contributed by atoms with Crippen molar-refractivity contribution in [1.29, 1.82) is 0 Å². The molecule has 2 aliphatic rings. The Labute approximate surface area is 201 Å². The fourth-order valence-corrected chi connectivity index (χ4v) is 4.06. The summed E-state index contributed by atoms with van der Waals surface area (Å²) in [5, 5.41) is 12.7. The largest absolute Gasteiger partial charge is 0.356 e. The SMILES string of the molecule is CC(C)CCCNC(=O)c1cccc(Nc2ccc(C(=O)N=C3NCCCN3)cc2C2CC2)c1. The normalized spacial score (nSPS) is 15.3. The average molecular weight is 462 g/mol. The number of nitrogens with one attached hydrogen (secondary N) is 4. The molecule has 4 N–H and O–H groups in total. The fraction of sp³-hybridized carbons (Fsp3) is 0.444. The number of nitrogens with zero attached hydrogens (tertiary/aromatic N) is 1. The lowest BCUT2D eigenvalue weighted by Crippen LogP contribution is -2.44. The van der Waals surface area contributed by atoms with Gasteiger partial charge >= 0.3 is 0 Å². The summed E-state index contributed by atoms with van der Waals surface area (Å²) in [6.45, 7) is 6.71. The number of hydrogen-bond acceptors (Lipinski definition) is 3. The lowest BCUT2D eigenvalue weighted by atomic mass is 10.0. The summed E-state index contributed by atoms with van der Waals surface area (Å²) < 4.78 is 0. The first-order chi connectivity index (χ1) is 16.5. The van der Waals surface area contributed by atoms with Crippen LogP contribution in [0.2, 0.25) is 0 Å². The van der Waals surface area contributed by atoms with Gasteiger partial charge in [-0.2, -0.15) is 4.99 Å². The Bertz CT molecular complexity index is 1050. The molecule has 1 aliphatic heterocycles. The Morgan fingerprint density at radius 1 is 1.06 bits per heavy atom. The van der Waals surface area contributed by atoms with E-state index in [9.17, 15) is 9.59 Å². The number of amides is 2. The van der Waals surface area contributed by atoms with Gasteiger partial charge in [0.1, 0.15) is 0 Å². The van der Waals surface area contributed by atoms with E-state index in [0.717, 1.165) is 62.1 Å². The molecule has 2 aromatic rings. The van der Waals surface area contributed by atoms with Gasteiger partial charge < -0.3 is 21.3 Å². The van der Waals surface area contributed by atoms with Crippen LogP contribution in [-0.4, -0.2) is 37.4 Å². The molecule has 0 aromatic heterocycles. The average Bonchev–Trinajstić information content (AvgIpc) is 3.68. The predicted molar refractivity (Wildman–Crippen MR) is 137 cm³/mol. The van der Waals surface area contributed by atoms with Gasteiger partial charge in [-0.05, 0) is 85.9 Å². The van der Waals surface area contributed by atoms with E-state index in [4.69, 9.17) is 0 Å². The Morgan fingerprint density at radius 3 is 2.59 bits per heavy atom. The highest BCUT2D eigenvalue weighted by Gasteiger charge is 2.27. The number of aliphatic imine (C=N–C) groups is 1. The quantitative estimate of drug-likeness (QED) is 0.411. The summed E-state index contributed by atoms with van der Waals surface area (Å²) >= 11 is 0. The Morgan fingerprint density at radius 2 is 1.85 bits per heavy atom. The third kappa shape index (κ3) is 6.59. The third-order valence-electron chi connectivity index (χ3n) is 6.12. The molecule has 7 heteroatoms. The minimum absolute atomic E-state index is 0.0557. The van der Waals surface area contributed by atoms with Crippen LogP contribution in [0.15, 0.2) is 47.5 Å². The molecule has 2 aromatic carbocycles. The minimum Gasteiger partial charge on any atom is -0.356 e. The molecular weight excluding hydrogens is 426 g/mol. The molecule has 2 amide bonds. The lowest BCUT2D eigenvalue weighted by Gasteiger charge is -2.17. The van der Waals surface area contributed by atoms with E-state index in [1.807, 2.05) is 42.5 Å². The van der Waals surface area contributed by atoms with E-state index in [2.05, 4.69) is 40.1 Å². The van der Waals surface area contributed by atoms with Crippen LogP contribution in [0.1, 0.15) is 78.1 Å². The fourth-order valence-electron chi connectivity index (χ4n) is 4.06. The van der Waals surface area contributed by atoms with Crippen molar-refractivity contribution in [2.75, 3.05) is 25.0 Å². The van der Waals surface area contributed by atoms with Crippen molar-refractivity contribution in [2.45, 2.75) is 51.9 Å². The van der Waals surface area contributed by atoms with Gasteiger partial charge in [0.2, 0.25) is 0 Å². The number of benzene rings is 2. The van der Waals surface area contributed by atoms with Gasteiger partial charge in [0.05, 0.1) is 0 Å². The second-order valence-corrected chi connectivity index (χ2v) is 9.55. The van der Waals surface area contributed by atoms with Crippen LogP contribution in [0.25, 0.3) is 0 Å². The van der Waals surface area contributed by atoms with Crippen LogP contribution in [0.3, 0.4) is 0 Å². The Kier molecular flexibility index (Phi) is 7.83. The maximum Gasteiger partial charge on any atom is 0.280 e. The van der Waals surface area contributed by atoms with Crippen molar-refractivity contribution in [1.82, 2.24) is 16.0 Å². The Balaban J connectivity index is 1.45. The van der Waals surface area contributed by atoms with Crippen LogP contribution >= 0.6 is 0 Å². The van der Waals surface area contributed by atoms with Crippen molar-refractivity contribution in [3.8, 4) is 0 Å². The van der Waals surface area contributed by atoms with E-state index in [-0.39, 0.29) is 11.8 Å². The maximum absolute atomic E-state index is 12.7. The van der Waals surface area contributed by atoms with Crippen molar-refractivity contribution in [2.24, 2.45) is 10.9 Å². The van der Waals surface area contributed by atoms with Crippen molar-refractivity contribution < 1.29 is 9.59 Å². The smallest absolute Gasteiger partial charge is 0.280 e. The number of rotatable bonds is 9. The molecule has 1 saturated carbocycles. The zero-order valence-corrected chi connectivity index (χ0v) is 20.1. The summed E-state index contributed by atoms with van der Waals surface area (Å²) in [6, 6.07) is 13.3.